The molecule has 2 unspecified atom stereocenters. The molecule has 80 valence electrons. The largest absolute Gasteiger partial charge is 0.377 e. The van der Waals surface area contributed by atoms with Crippen molar-refractivity contribution in [3.05, 3.63) is 0 Å². The Bertz CT molecular complexity index is 216. The predicted octanol–water partition coefficient (Wildman–Crippen LogP) is -0.111. The molecule has 2 aliphatic heterocycles. The number of carbonyl (C=O) groups is 1. The van der Waals surface area contributed by atoms with Crippen molar-refractivity contribution in [3.8, 4) is 0 Å². The van der Waals surface area contributed by atoms with E-state index in [2.05, 4.69) is 17.6 Å². The quantitative estimate of drug-likeness (QED) is 0.651. The molecule has 2 saturated heterocycles. The Hall–Kier alpha value is -0.610. The molecule has 0 radical (unpaired) electrons. The van der Waals surface area contributed by atoms with Gasteiger partial charge in [-0.15, -0.1) is 0 Å². The van der Waals surface area contributed by atoms with Crippen LogP contribution in [0.3, 0.4) is 0 Å². The van der Waals surface area contributed by atoms with Crippen molar-refractivity contribution >= 4 is 5.91 Å². The number of rotatable bonds is 2. The van der Waals surface area contributed by atoms with E-state index >= 15 is 0 Å². The van der Waals surface area contributed by atoms with Gasteiger partial charge >= 0.3 is 0 Å². The molecule has 1 amide bonds. The Morgan fingerprint density at radius 3 is 2.86 bits per heavy atom. The van der Waals surface area contributed by atoms with Crippen molar-refractivity contribution < 1.29 is 9.53 Å². The summed E-state index contributed by atoms with van der Waals surface area (Å²) in [6.45, 7) is 4.51. The molecule has 2 heterocycles. The van der Waals surface area contributed by atoms with Crippen molar-refractivity contribution in [2.45, 2.75) is 31.8 Å². The van der Waals surface area contributed by atoms with Gasteiger partial charge in [0, 0.05) is 0 Å². The first-order valence-corrected chi connectivity index (χ1v) is 5.37. The normalized spacial score (nSPS) is 33.5. The number of hydrogen-bond acceptors (Lipinski definition) is 3. The van der Waals surface area contributed by atoms with Gasteiger partial charge in [0.1, 0.15) is 0 Å². The molecule has 2 N–H and O–H groups in total. The Labute approximate surface area is 84.4 Å². The lowest BCUT2D eigenvalue weighted by molar-refractivity contribution is -0.128. The van der Waals surface area contributed by atoms with Crippen LogP contribution in [0.1, 0.15) is 19.8 Å². The molecule has 4 heteroatoms. The molecule has 0 aromatic heterocycles. The summed E-state index contributed by atoms with van der Waals surface area (Å²) in [5.41, 5.74) is 0. The maximum Gasteiger partial charge on any atom is 0.237 e. The Morgan fingerprint density at radius 2 is 2.29 bits per heavy atom. The van der Waals surface area contributed by atoms with E-state index in [9.17, 15) is 4.79 Å². The summed E-state index contributed by atoms with van der Waals surface area (Å²) >= 11 is 0. The average molecular weight is 198 g/mol. The predicted molar refractivity (Wildman–Crippen MR) is 52.9 cm³/mol. The van der Waals surface area contributed by atoms with E-state index in [1.54, 1.807) is 0 Å². The highest BCUT2D eigenvalue weighted by Crippen LogP contribution is 2.15. The molecule has 0 aromatic carbocycles. The summed E-state index contributed by atoms with van der Waals surface area (Å²) in [5, 5.41) is 6.23. The van der Waals surface area contributed by atoms with Gasteiger partial charge in [-0.25, -0.2) is 0 Å². The van der Waals surface area contributed by atoms with Crippen molar-refractivity contribution in [2.24, 2.45) is 5.92 Å². The molecule has 2 rings (SSSR count). The van der Waals surface area contributed by atoms with Gasteiger partial charge in [0.25, 0.3) is 0 Å². The number of amides is 1. The Balaban J connectivity index is 1.77. The number of ether oxygens (including phenoxy) is 1. The highest BCUT2D eigenvalue weighted by Gasteiger charge is 2.28. The summed E-state index contributed by atoms with van der Waals surface area (Å²) in [4.78, 5) is 11.7. The van der Waals surface area contributed by atoms with E-state index < -0.39 is 0 Å². The van der Waals surface area contributed by atoms with Gasteiger partial charge in [-0.2, -0.15) is 0 Å². The van der Waals surface area contributed by atoms with Crippen LogP contribution in [-0.2, 0) is 9.53 Å². The minimum absolute atomic E-state index is 0.0133. The van der Waals surface area contributed by atoms with Crippen LogP contribution in [0.4, 0.5) is 0 Å². The zero-order chi connectivity index (χ0) is 9.97. The lowest BCUT2D eigenvalue weighted by Crippen LogP contribution is -2.55. The van der Waals surface area contributed by atoms with E-state index in [1.807, 2.05) is 0 Å². The number of piperidine rings is 1. The fourth-order valence-corrected chi connectivity index (χ4v) is 1.93. The third kappa shape index (κ3) is 2.25. The van der Waals surface area contributed by atoms with Gasteiger partial charge in [0.05, 0.1) is 25.3 Å². The summed E-state index contributed by atoms with van der Waals surface area (Å²) in [6, 6.07) is 0.265. The SMILES string of the molecule is CC1CCNC(C(=O)NC2COC2)C1. The molecular weight excluding hydrogens is 180 g/mol. The van der Waals surface area contributed by atoms with Gasteiger partial charge in [-0.3, -0.25) is 4.79 Å². The summed E-state index contributed by atoms with van der Waals surface area (Å²) < 4.78 is 5.01. The fraction of sp³-hybridized carbons (Fsp3) is 0.900. The molecule has 0 bridgehead atoms. The molecule has 2 fully saturated rings. The zero-order valence-electron chi connectivity index (χ0n) is 8.58. The van der Waals surface area contributed by atoms with E-state index in [0.717, 1.165) is 13.0 Å². The maximum absolute atomic E-state index is 11.7. The molecule has 0 aliphatic carbocycles. The van der Waals surface area contributed by atoms with Crippen LogP contribution >= 0.6 is 0 Å². The molecule has 4 nitrogen and oxygen atoms in total. The third-order valence-electron chi connectivity index (χ3n) is 2.97. The van der Waals surface area contributed by atoms with Gasteiger partial charge in [0.15, 0.2) is 0 Å². The zero-order valence-corrected chi connectivity index (χ0v) is 8.58. The molecule has 0 aromatic rings. The smallest absolute Gasteiger partial charge is 0.237 e. The standard InChI is InChI=1S/C10H18N2O2/c1-7-2-3-11-9(4-7)10(13)12-8-5-14-6-8/h7-9,11H,2-6H2,1H3,(H,12,13). The van der Waals surface area contributed by atoms with Gasteiger partial charge in [-0.05, 0) is 25.3 Å². The van der Waals surface area contributed by atoms with Crippen LogP contribution in [-0.4, -0.2) is 37.7 Å². The lowest BCUT2D eigenvalue weighted by Gasteiger charge is -2.32. The van der Waals surface area contributed by atoms with E-state index in [0.29, 0.717) is 19.1 Å². The van der Waals surface area contributed by atoms with Crippen molar-refractivity contribution in [1.82, 2.24) is 10.6 Å². The number of carbonyl (C=O) groups excluding carboxylic acids is 1. The topological polar surface area (TPSA) is 50.4 Å². The second-order valence-electron chi connectivity index (χ2n) is 4.38. The highest BCUT2D eigenvalue weighted by atomic mass is 16.5. The third-order valence-corrected chi connectivity index (χ3v) is 2.97. The summed E-state index contributed by atoms with van der Waals surface area (Å²) in [5.74, 6) is 0.800. The van der Waals surface area contributed by atoms with E-state index in [1.165, 1.54) is 6.42 Å². The van der Waals surface area contributed by atoms with Crippen molar-refractivity contribution in [2.75, 3.05) is 19.8 Å². The molecule has 0 saturated carbocycles. The second-order valence-corrected chi connectivity index (χ2v) is 4.38. The first-order valence-electron chi connectivity index (χ1n) is 5.37. The number of hydrogen-bond donors (Lipinski definition) is 2. The first kappa shape index (κ1) is 9.93. The molecular formula is C10H18N2O2. The van der Waals surface area contributed by atoms with E-state index in [4.69, 9.17) is 4.74 Å². The summed E-state index contributed by atoms with van der Waals surface area (Å²) in [7, 11) is 0. The Kier molecular flexibility index (Phi) is 3.03. The minimum atomic E-state index is 0.0133. The van der Waals surface area contributed by atoms with Gasteiger partial charge < -0.3 is 15.4 Å². The van der Waals surface area contributed by atoms with Crippen LogP contribution in [0.25, 0.3) is 0 Å². The Morgan fingerprint density at radius 1 is 1.50 bits per heavy atom. The first-order chi connectivity index (χ1) is 6.75. The molecule has 0 spiro atoms. The number of nitrogens with one attached hydrogen (secondary N) is 2. The van der Waals surface area contributed by atoms with Crippen LogP contribution in [0.2, 0.25) is 0 Å². The van der Waals surface area contributed by atoms with Gasteiger partial charge in [0.2, 0.25) is 5.91 Å². The van der Waals surface area contributed by atoms with Crippen LogP contribution < -0.4 is 10.6 Å². The van der Waals surface area contributed by atoms with Crippen LogP contribution in [0.15, 0.2) is 0 Å². The van der Waals surface area contributed by atoms with Crippen molar-refractivity contribution in [3.63, 3.8) is 0 Å². The van der Waals surface area contributed by atoms with Crippen molar-refractivity contribution in [1.29, 1.82) is 0 Å². The van der Waals surface area contributed by atoms with Gasteiger partial charge in [-0.1, -0.05) is 6.92 Å². The summed E-state index contributed by atoms with van der Waals surface area (Å²) in [6.07, 6.45) is 2.13. The molecule has 2 atom stereocenters. The fourth-order valence-electron chi connectivity index (χ4n) is 1.93. The monoisotopic (exact) mass is 198 g/mol. The van der Waals surface area contributed by atoms with Crippen LogP contribution in [0, 0.1) is 5.92 Å². The minimum Gasteiger partial charge on any atom is -0.377 e. The lowest BCUT2D eigenvalue weighted by atomic mass is 9.94. The molecule has 2 aliphatic rings. The maximum atomic E-state index is 11.7. The molecule has 14 heavy (non-hydrogen) atoms. The second kappa shape index (κ2) is 4.28. The average Bonchev–Trinajstić information content (AvgIpc) is 2.11. The van der Waals surface area contributed by atoms with Crippen LogP contribution in [0.5, 0.6) is 0 Å². The highest BCUT2D eigenvalue weighted by molar-refractivity contribution is 5.82. The van der Waals surface area contributed by atoms with E-state index in [-0.39, 0.29) is 18.0 Å².